The Morgan fingerprint density at radius 2 is 1.80 bits per heavy atom. The van der Waals surface area contributed by atoms with E-state index in [1.54, 1.807) is 24.4 Å². The van der Waals surface area contributed by atoms with Crippen molar-refractivity contribution in [2.45, 2.75) is 39.4 Å². The van der Waals surface area contributed by atoms with Crippen molar-refractivity contribution in [3.8, 4) is 17.4 Å². The number of pyridine rings is 1. The molecule has 0 amide bonds. The Morgan fingerprint density at radius 3 is 2.47 bits per heavy atom. The predicted octanol–water partition coefficient (Wildman–Crippen LogP) is 4.67. The smallest absolute Gasteiger partial charge is 0.390 e. The number of nitrogens with zero attached hydrogens (tertiary/aromatic N) is 2. The standard InChI is InChI=1S/C21H27F3N4O2/c1-3-14-29-17-7-9-18(10-8-17)30-19-16(6-5-12-26-19)15-28-20(25-4-2)27-13-11-21(22,23)24/h5-10,12H,3-4,11,13-15H2,1-2H3,(H2,25,27,28). The Hall–Kier alpha value is -2.97. The van der Waals surface area contributed by atoms with E-state index in [1.807, 2.05) is 32.0 Å². The van der Waals surface area contributed by atoms with Crippen molar-refractivity contribution in [3.63, 3.8) is 0 Å². The van der Waals surface area contributed by atoms with Crippen LogP contribution in [0.5, 0.6) is 17.4 Å². The van der Waals surface area contributed by atoms with Crippen LogP contribution in [0.15, 0.2) is 47.6 Å². The third-order valence-corrected chi connectivity index (χ3v) is 3.81. The van der Waals surface area contributed by atoms with E-state index >= 15 is 0 Å². The molecule has 0 fully saturated rings. The highest BCUT2D eigenvalue weighted by Crippen LogP contribution is 2.25. The number of alkyl halides is 3. The Morgan fingerprint density at radius 1 is 1.07 bits per heavy atom. The van der Waals surface area contributed by atoms with Crippen LogP contribution in [0.1, 0.15) is 32.3 Å². The lowest BCUT2D eigenvalue weighted by Crippen LogP contribution is -2.38. The molecule has 1 aromatic heterocycles. The lowest BCUT2D eigenvalue weighted by Gasteiger charge is -2.13. The van der Waals surface area contributed by atoms with Crippen molar-refractivity contribution in [2.24, 2.45) is 4.99 Å². The van der Waals surface area contributed by atoms with Gasteiger partial charge in [-0.15, -0.1) is 0 Å². The second kappa shape index (κ2) is 11.9. The zero-order valence-electron chi connectivity index (χ0n) is 17.1. The minimum absolute atomic E-state index is 0.197. The van der Waals surface area contributed by atoms with Crippen LogP contribution < -0.4 is 20.1 Å². The molecule has 6 nitrogen and oxygen atoms in total. The molecule has 9 heteroatoms. The SMILES string of the molecule is CCCOc1ccc(Oc2ncccc2CN=C(NCC)NCCC(F)(F)F)cc1. The quantitative estimate of drug-likeness (QED) is 0.429. The molecule has 2 rings (SSSR count). The highest BCUT2D eigenvalue weighted by Gasteiger charge is 2.26. The minimum Gasteiger partial charge on any atom is -0.494 e. The number of nitrogens with one attached hydrogen (secondary N) is 2. The van der Waals surface area contributed by atoms with Crippen molar-refractivity contribution in [1.29, 1.82) is 0 Å². The molecule has 164 valence electrons. The molecule has 0 radical (unpaired) electrons. The molecule has 2 N–H and O–H groups in total. The van der Waals surface area contributed by atoms with Gasteiger partial charge in [-0.25, -0.2) is 9.98 Å². The second-order valence-electron chi connectivity index (χ2n) is 6.38. The maximum Gasteiger partial charge on any atom is 0.390 e. The molecule has 0 saturated heterocycles. The molecular formula is C21H27F3N4O2. The molecule has 0 spiro atoms. The van der Waals surface area contributed by atoms with Crippen LogP contribution in [-0.2, 0) is 6.54 Å². The van der Waals surface area contributed by atoms with Crippen LogP contribution in [0, 0.1) is 0 Å². The first kappa shape index (κ1) is 23.3. The highest BCUT2D eigenvalue weighted by molar-refractivity contribution is 5.79. The number of hydrogen-bond acceptors (Lipinski definition) is 4. The van der Waals surface area contributed by atoms with E-state index in [2.05, 4.69) is 20.6 Å². The molecule has 1 aromatic carbocycles. The first-order chi connectivity index (χ1) is 14.4. The topological polar surface area (TPSA) is 67.8 Å². The molecule has 0 unspecified atom stereocenters. The highest BCUT2D eigenvalue weighted by atomic mass is 19.4. The Balaban J connectivity index is 2.03. The predicted molar refractivity (Wildman–Crippen MR) is 110 cm³/mol. The fourth-order valence-electron chi connectivity index (χ4n) is 2.40. The van der Waals surface area contributed by atoms with Crippen molar-refractivity contribution < 1.29 is 22.6 Å². The molecule has 0 atom stereocenters. The van der Waals surface area contributed by atoms with E-state index in [0.717, 1.165) is 12.2 Å². The van der Waals surface area contributed by atoms with Crippen LogP contribution in [-0.4, -0.2) is 36.8 Å². The normalized spacial score (nSPS) is 11.8. The fourth-order valence-corrected chi connectivity index (χ4v) is 2.40. The van der Waals surface area contributed by atoms with E-state index in [4.69, 9.17) is 9.47 Å². The van der Waals surface area contributed by atoms with Crippen molar-refractivity contribution in [1.82, 2.24) is 15.6 Å². The Labute approximate surface area is 174 Å². The van der Waals surface area contributed by atoms with Gasteiger partial charge in [-0.1, -0.05) is 13.0 Å². The van der Waals surface area contributed by atoms with Gasteiger partial charge >= 0.3 is 6.18 Å². The van der Waals surface area contributed by atoms with Crippen LogP contribution >= 0.6 is 0 Å². The summed E-state index contributed by atoms with van der Waals surface area (Å²) in [5, 5.41) is 5.61. The summed E-state index contributed by atoms with van der Waals surface area (Å²) in [6.07, 6.45) is -2.62. The molecule has 0 aliphatic heterocycles. The van der Waals surface area contributed by atoms with Gasteiger partial charge in [0.1, 0.15) is 11.5 Å². The number of aliphatic imine (C=N–C) groups is 1. The van der Waals surface area contributed by atoms with Gasteiger partial charge in [0.25, 0.3) is 0 Å². The monoisotopic (exact) mass is 424 g/mol. The largest absolute Gasteiger partial charge is 0.494 e. The summed E-state index contributed by atoms with van der Waals surface area (Å²) < 4.78 is 48.5. The van der Waals surface area contributed by atoms with Gasteiger partial charge in [-0.3, -0.25) is 0 Å². The van der Waals surface area contributed by atoms with E-state index < -0.39 is 12.6 Å². The van der Waals surface area contributed by atoms with Gasteiger partial charge in [0.05, 0.1) is 19.6 Å². The van der Waals surface area contributed by atoms with Crippen LogP contribution in [0.3, 0.4) is 0 Å². The lowest BCUT2D eigenvalue weighted by molar-refractivity contribution is -0.132. The maximum atomic E-state index is 12.4. The first-order valence-electron chi connectivity index (χ1n) is 9.84. The summed E-state index contributed by atoms with van der Waals surface area (Å²) in [7, 11) is 0. The molecule has 2 aromatic rings. The zero-order valence-corrected chi connectivity index (χ0v) is 17.1. The average Bonchev–Trinajstić information content (AvgIpc) is 2.71. The summed E-state index contributed by atoms with van der Waals surface area (Å²) in [5.74, 6) is 2.04. The van der Waals surface area contributed by atoms with Crippen molar-refractivity contribution in [2.75, 3.05) is 19.7 Å². The number of halogens is 3. The van der Waals surface area contributed by atoms with E-state index in [-0.39, 0.29) is 13.1 Å². The van der Waals surface area contributed by atoms with E-state index in [9.17, 15) is 13.2 Å². The molecular weight excluding hydrogens is 397 g/mol. The minimum atomic E-state index is -4.22. The van der Waals surface area contributed by atoms with Crippen LogP contribution in [0.25, 0.3) is 0 Å². The van der Waals surface area contributed by atoms with Gasteiger partial charge in [0, 0.05) is 24.8 Å². The van der Waals surface area contributed by atoms with Crippen molar-refractivity contribution >= 4 is 5.96 Å². The summed E-state index contributed by atoms with van der Waals surface area (Å²) >= 11 is 0. The lowest BCUT2D eigenvalue weighted by atomic mass is 10.2. The van der Waals surface area contributed by atoms with E-state index in [1.165, 1.54) is 0 Å². The average molecular weight is 424 g/mol. The molecule has 0 saturated carbocycles. The van der Waals surface area contributed by atoms with Crippen molar-refractivity contribution in [3.05, 3.63) is 48.2 Å². The molecule has 0 aliphatic rings. The number of benzene rings is 1. The van der Waals surface area contributed by atoms with Crippen LogP contribution in [0.2, 0.25) is 0 Å². The summed E-state index contributed by atoms with van der Waals surface area (Å²) in [6, 6.07) is 10.8. The molecule has 1 heterocycles. The van der Waals surface area contributed by atoms with Gasteiger partial charge in [-0.05, 0) is 43.7 Å². The summed E-state index contributed by atoms with van der Waals surface area (Å²) in [4.78, 5) is 8.59. The van der Waals surface area contributed by atoms with Gasteiger partial charge in [-0.2, -0.15) is 13.2 Å². The van der Waals surface area contributed by atoms with Gasteiger partial charge in [0.15, 0.2) is 5.96 Å². The fraction of sp³-hybridized carbons (Fsp3) is 0.429. The van der Waals surface area contributed by atoms with Gasteiger partial charge < -0.3 is 20.1 Å². The number of rotatable bonds is 10. The van der Waals surface area contributed by atoms with E-state index in [0.29, 0.717) is 36.3 Å². The molecule has 0 bridgehead atoms. The summed E-state index contributed by atoms with van der Waals surface area (Å²) in [5.41, 5.74) is 0.705. The Bertz CT molecular complexity index is 796. The third-order valence-electron chi connectivity index (χ3n) is 3.81. The zero-order chi connectivity index (χ0) is 21.8. The first-order valence-corrected chi connectivity index (χ1v) is 9.84. The number of hydrogen-bond donors (Lipinski definition) is 2. The number of aromatic nitrogens is 1. The molecule has 30 heavy (non-hydrogen) atoms. The maximum absolute atomic E-state index is 12.4. The Kier molecular flexibility index (Phi) is 9.24. The number of guanidine groups is 1. The third kappa shape index (κ3) is 8.59. The van der Waals surface area contributed by atoms with Crippen LogP contribution in [0.4, 0.5) is 13.2 Å². The summed E-state index contributed by atoms with van der Waals surface area (Å²) in [6.45, 7) is 5.00. The second-order valence-corrected chi connectivity index (χ2v) is 6.38. The number of ether oxygens (including phenoxy) is 2. The van der Waals surface area contributed by atoms with Gasteiger partial charge in [0.2, 0.25) is 5.88 Å². The molecule has 0 aliphatic carbocycles.